The Morgan fingerprint density at radius 2 is 1.83 bits per heavy atom. The van der Waals surface area contributed by atoms with Gasteiger partial charge in [-0.2, -0.15) is 0 Å². The van der Waals surface area contributed by atoms with Crippen molar-refractivity contribution in [2.75, 3.05) is 23.0 Å². The lowest BCUT2D eigenvalue weighted by Gasteiger charge is -2.21. The molecule has 0 saturated carbocycles. The van der Waals surface area contributed by atoms with Crippen molar-refractivity contribution < 1.29 is 17.6 Å². The lowest BCUT2D eigenvalue weighted by molar-refractivity contribution is -0.115. The molecule has 0 radical (unpaired) electrons. The van der Waals surface area contributed by atoms with Gasteiger partial charge >= 0.3 is 0 Å². The number of para-hydroxylation sites is 1. The second kappa shape index (κ2) is 6.04. The smallest absolute Gasteiger partial charge is 0.248 e. The number of carbonyl (C=O) groups excluding carboxylic acids is 1. The number of hydrogen-bond acceptors (Lipinski definition) is 4. The van der Waals surface area contributed by atoms with E-state index < -0.39 is 15.8 Å². The fraction of sp³-hybridized carbons (Fsp3) is 0.133. The number of benzene rings is 2. The average molecular weight is 370 g/mol. The lowest BCUT2D eigenvalue weighted by Crippen LogP contribution is -2.27. The third-order valence-corrected chi connectivity index (χ3v) is 4.88. The van der Waals surface area contributed by atoms with Crippen LogP contribution in [0.4, 0.5) is 15.8 Å². The van der Waals surface area contributed by atoms with Crippen molar-refractivity contribution in [1.82, 2.24) is 0 Å². The van der Waals surface area contributed by atoms with Gasteiger partial charge in [0.1, 0.15) is 5.82 Å². The number of hydrogen-bond donors (Lipinski definition) is 1. The number of nitrogens with two attached hydrogens (primary N) is 1. The van der Waals surface area contributed by atoms with Crippen molar-refractivity contribution in [3.05, 3.63) is 53.3 Å². The third kappa shape index (κ3) is 3.08. The molecule has 126 valence electrons. The number of carbonyl (C=O) groups is 1. The molecule has 2 aromatic rings. The highest BCUT2D eigenvalue weighted by atomic mass is 35.5. The zero-order valence-corrected chi connectivity index (χ0v) is 13.9. The summed E-state index contributed by atoms with van der Waals surface area (Å²) in [6.07, 6.45) is 0. The molecule has 0 aromatic heterocycles. The molecule has 1 saturated heterocycles. The van der Waals surface area contributed by atoms with Gasteiger partial charge in [0, 0.05) is 0 Å². The molecule has 1 heterocycles. The van der Waals surface area contributed by atoms with Gasteiger partial charge in [-0.1, -0.05) is 23.7 Å². The minimum absolute atomic E-state index is 0.00575. The van der Waals surface area contributed by atoms with E-state index in [2.05, 4.69) is 0 Å². The number of anilines is 2. The molecule has 6 nitrogen and oxygen atoms in total. The number of primary sulfonamides is 1. The lowest BCUT2D eigenvalue weighted by atomic mass is 10.3. The van der Waals surface area contributed by atoms with Crippen LogP contribution in [0.15, 0.2) is 47.4 Å². The summed E-state index contributed by atoms with van der Waals surface area (Å²) < 4.78 is 36.6. The van der Waals surface area contributed by atoms with Crippen molar-refractivity contribution in [1.29, 1.82) is 0 Å². The van der Waals surface area contributed by atoms with Gasteiger partial charge < -0.3 is 4.90 Å². The van der Waals surface area contributed by atoms with Gasteiger partial charge in [0.25, 0.3) is 0 Å². The summed E-state index contributed by atoms with van der Waals surface area (Å²) in [5.41, 5.74) is 0.651. The number of sulfonamides is 1. The predicted molar refractivity (Wildman–Crippen MR) is 88.9 cm³/mol. The molecule has 0 aliphatic carbocycles. The Morgan fingerprint density at radius 3 is 2.46 bits per heavy atom. The zero-order valence-electron chi connectivity index (χ0n) is 12.3. The van der Waals surface area contributed by atoms with E-state index in [9.17, 15) is 17.6 Å². The van der Waals surface area contributed by atoms with Gasteiger partial charge in [-0.05, 0) is 30.3 Å². The van der Waals surface area contributed by atoms with Gasteiger partial charge in [0.15, 0.2) is 0 Å². The monoisotopic (exact) mass is 369 g/mol. The Kier molecular flexibility index (Phi) is 4.20. The van der Waals surface area contributed by atoms with E-state index in [1.807, 2.05) is 0 Å². The van der Waals surface area contributed by atoms with E-state index in [0.717, 1.165) is 0 Å². The Labute approximate surface area is 143 Å². The Hall–Kier alpha value is -2.16. The van der Waals surface area contributed by atoms with E-state index >= 15 is 0 Å². The molecular formula is C15H13ClFN3O3S. The molecule has 3 rings (SSSR count). The van der Waals surface area contributed by atoms with E-state index in [4.69, 9.17) is 16.7 Å². The molecule has 9 heteroatoms. The summed E-state index contributed by atoms with van der Waals surface area (Å²) >= 11 is 6.10. The van der Waals surface area contributed by atoms with E-state index in [0.29, 0.717) is 11.4 Å². The standard InChI is InChI=1S/C15H13ClFN3O3S/c16-11-7-10(24(18,22)23)5-6-13(11)20-9-19(8-15(20)21)14-4-2-1-3-12(14)17/h1-7H,8-9H2,(H2,18,22,23). The molecule has 0 bridgehead atoms. The van der Waals surface area contributed by atoms with Crippen molar-refractivity contribution in [3.63, 3.8) is 0 Å². The molecule has 0 unspecified atom stereocenters. The molecule has 2 aromatic carbocycles. The number of amides is 1. The topological polar surface area (TPSA) is 83.7 Å². The van der Waals surface area contributed by atoms with Crippen LogP contribution >= 0.6 is 11.6 Å². The first-order valence-electron chi connectivity index (χ1n) is 6.89. The highest BCUT2D eigenvalue weighted by Gasteiger charge is 2.31. The van der Waals surface area contributed by atoms with Crippen LogP contribution in [-0.4, -0.2) is 27.5 Å². The maximum atomic E-state index is 13.9. The highest BCUT2D eigenvalue weighted by molar-refractivity contribution is 7.89. The maximum Gasteiger partial charge on any atom is 0.248 e. The second-order valence-corrected chi connectivity index (χ2v) is 7.24. The van der Waals surface area contributed by atoms with Crippen LogP contribution in [0.1, 0.15) is 0 Å². The Bertz CT molecular complexity index is 920. The van der Waals surface area contributed by atoms with Crippen LogP contribution in [0.25, 0.3) is 0 Å². The largest absolute Gasteiger partial charge is 0.342 e. The first-order chi connectivity index (χ1) is 11.3. The van der Waals surface area contributed by atoms with Crippen molar-refractivity contribution in [2.24, 2.45) is 5.14 Å². The van der Waals surface area contributed by atoms with E-state index in [1.54, 1.807) is 23.1 Å². The van der Waals surface area contributed by atoms with Gasteiger partial charge in [-0.15, -0.1) is 0 Å². The van der Waals surface area contributed by atoms with Gasteiger partial charge in [0.05, 0.1) is 34.5 Å². The minimum Gasteiger partial charge on any atom is -0.342 e. The van der Waals surface area contributed by atoms with Crippen LogP contribution < -0.4 is 14.9 Å². The molecule has 1 aliphatic heterocycles. The summed E-state index contributed by atoms with van der Waals surface area (Å²) in [6, 6.07) is 10.0. The van der Waals surface area contributed by atoms with Crippen LogP contribution in [0, 0.1) is 5.82 Å². The van der Waals surface area contributed by atoms with Gasteiger partial charge in [0.2, 0.25) is 15.9 Å². The summed E-state index contributed by atoms with van der Waals surface area (Å²) in [5, 5.41) is 5.13. The fourth-order valence-corrected chi connectivity index (χ4v) is 3.40. The SMILES string of the molecule is NS(=O)(=O)c1ccc(N2CN(c3ccccc3F)CC2=O)c(Cl)c1. The number of nitrogens with zero attached hydrogens (tertiary/aromatic N) is 2. The summed E-state index contributed by atoms with van der Waals surface area (Å²) in [7, 11) is -3.89. The molecule has 2 N–H and O–H groups in total. The van der Waals surface area contributed by atoms with Crippen molar-refractivity contribution in [2.45, 2.75) is 4.90 Å². The first kappa shape index (κ1) is 16.7. The van der Waals surface area contributed by atoms with Gasteiger partial charge in [-0.25, -0.2) is 17.9 Å². The molecule has 1 aliphatic rings. The summed E-state index contributed by atoms with van der Waals surface area (Å²) in [5.74, 6) is -0.702. The van der Waals surface area contributed by atoms with Crippen LogP contribution in [0.2, 0.25) is 5.02 Å². The van der Waals surface area contributed by atoms with Crippen LogP contribution in [-0.2, 0) is 14.8 Å². The summed E-state index contributed by atoms with van der Waals surface area (Å²) in [4.78, 5) is 15.1. The zero-order chi connectivity index (χ0) is 17.5. The first-order valence-corrected chi connectivity index (χ1v) is 8.82. The van der Waals surface area contributed by atoms with Crippen molar-refractivity contribution in [3.8, 4) is 0 Å². The molecule has 1 fully saturated rings. The van der Waals surface area contributed by atoms with Gasteiger partial charge in [-0.3, -0.25) is 9.69 Å². The molecule has 0 spiro atoms. The fourth-order valence-electron chi connectivity index (χ4n) is 2.51. The molecule has 1 amide bonds. The molecular weight excluding hydrogens is 357 g/mol. The molecule has 0 atom stereocenters. The van der Waals surface area contributed by atoms with Crippen LogP contribution in [0.3, 0.4) is 0 Å². The number of rotatable bonds is 3. The Morgan fingerprint density at radius 1 is 1.12 bits per heavy atom. The molecule has 24 heavy (non-hydrogen) atoms. The van der Waals surface area contributed by atoms with E-state index in [1.165, 1.54) is 29.2 Å². The highest BCUT2D eigenvalue weighted by Crippen LogP contribution is 2.32. The predicted octanol–water partition coefficient (Wildman–Crippen LogP) is 1.94. The quantitative estimate of drug-likeness (QED) is 0.896. The Balaban J connectivity index is 1.91. The summed E-state index contributed by atoms with van der Waals surface area (Å²) in [6.45, 7) is 0.0996. The minimum atomic E-state index is -3.89. The average Bonchev–Trinajstić information content (AvgIpc) is 2.88. The van der Waals surface area contributed by atoms with Crippen molar-refractivity contribution >= 4 is 38.9 Å². The third-order valence-electron chi connectivity index (χ3n) is 3.67. The van der Waals surface area contributed by atoms with Crippen LogP contribution in [0.5, 0.6) is 0 Å². The normalized spacial score (nSPS) is 15.2. The van der Waals surface area contributed by atoms with E-state index in [-0.39, 0.29) is 29.0 Å². The second-order valence-electron chi connectivity index (χ2n) is 5.27. The number of halogens is 2. The maximum absolute atomic E-state index is 13.9.